The second-order valence-electron chi connectivity index (χ2n) is 10.00. The summed E-state index contributed by atoms with van der Waals surface area (Å²) >= 11 is 13.8. The van der Waals surface area contributed by atoms with E-state index in [9.17, 15) is 9.59 Å². The standard InChI is InChI=1S/C30H34Cl2N2O2S/c1-30(2,3)33-29(36)27(20-22-8-5-4-6-9-22)34(21-23-11-13-24(31)14-12-23)28(35)10-7-19-37-26-17-15-25(32)16-18-26/h4-6,8-9,11-18,27H,7,10,19-21H2,1-3H3,(H,33,36)/t27-/m0/s1. The van der Waals surface area contributed by atoms with Crippen LogP contribution in [0.3, 0.4) is 0 Å². The predicted molar refractivity (Wildman–Crippen MR) is 155 cm³/mol. The highest BCUT2D eigenvalue weighted by molar-refractivity contribution is 7.99. The molecule has 0 aliphatic heterocycles. The molecule has 0 aromatic heterocycles. The van der Waals surface area contributed by atoms with E-state index in [1.54, 1.807) is 16.7 Å². The molecule has 0 heterocycles. The van der Waals surface area contributed by atoms with Gasteiger partial charge in [-0.25, -0.2) is 0 Å². The second kappa shape index (κ2) is 13.9. The van der Waals surface area contributed by atoms with Crippen LogP contribution in [0.1, 0.15) is 44.7 Å². The zero-order valence-electron chi connectivity index (χ0n) is 21.5. The van der Waals surface area contributed by atoms with Crippen molar-refractivity contribution in [2.24, 2.45) is 0 Å². The fourth-order valence-corrected chi connectivity index (χ4v) is 4.99. The Bertz CT molecular complexity index is 1150. The van der Waals surface area contributed by atoms with Gasteiger partial charge in [0.05, 0.1) is 0 Å². The molecule has 0 saturated carbocycles. The molecule has 7 heteroatoms. The van der Waals surface area contributed by atoms with Gasteiger partial charge in [-0.05, 0) is 80.5 Å². The lowest BCUT2D eigenvalue weighted by Gasteiger charge is -2.34. The van der Waals surface area contributed by atoms with Crippen molar-refractivity contribution < 1.29 is 9.59 Å². The molecule has 37 heavy (non-hydrogen) atoms. The van der Waals surface area contributed by atoms with Crippen molar-refractivity contribution in [2.75, 3.05) is 5.75 Å². The fraction of sp³-hybridized carbons (Fsp3) is 0.333. The van der Waals surface area contributed by atoms with Crippen LogP contribution in [0.15, 0.2) is 83.8 Å². The van der Waals surface area contributed by atoms with Gasteiger partial charge < -0.3 is 10.2 Å². The SMILES string of the molecule is CC(C)(C)NC(=O)[C@H](Cc1ccccc1)N(Cc1ccc(Cl)cc1)C(=O)CCCSc1ccc(Cl)cc1. The highest BCUT2D eigenvalue weighted by Gasteiger charge is 2.32. The summed E-state index contributed by atoms with van der Waals surface area (Å²) in [4.78, 5) is 30.1. The number of nitrogens with one attached hydrogen (secondary N) is 1. The number of thioether (sulfide) groups is 1. The maximum absolute atomic E-state index is 13.7. The number of rotatable bonds is 11. The van der Waals surface area contributed by atoms with Crippen molar-refractivity contribution in [3.63, 3.8) is 0 Å². The topological polar surface area (TPSA) is 49.4 Å². The van der Waals surface area contributed by atoms with E-state index in [0.29, 0.717) is 35.9 Å². The Morgan fingerprint density at radius 1 is 0.865 bits per heavy atom. The molecule has 1 atom stereocenters. The zero-order valence-corrected chi connectivity index (χ0v) is 23.9. The largest absolute Gasteiger partial charge is 0.350 e. The Morgan fingerprint density at radius 2 is 1.46 bits per heavy atom. The van der Waals surface area contributed by atoms with Gasteiger partial charge in [-0.15, -0.1) is 11.8 Å². The van der Waals surface area contributed by atoms with Gasteiger partial charge >= 0.3 is 0 Å². The van der Waals surface area contributed by atoms with Gasteiger partial charge in [0.25, 0.3) is 0 Å². The van der Waals surface area contributed by atoms with E-state index in [4.69, 9.17) is 23.2 Å². The lowest BCUT2D eigenvalue weighted by molar-refractivity contribution is -0.142. The maximum Gasteiger partial charge on any atom is 0.243 e. The molecule has 0 bridgehead atoms. The maximum atomic E-state index is 13.7. The van der Waals surface area contributed by atoms with Gasteiger partial charge in [-0.3, -0.25) is 9.59 Å². The van der Waals surface area contributed by atoms with Crippen LogP contribution in [0.2, 0.25) is 10.0 Å². The third-order valence-electron chi connectivity index (χ3n) is 5.65. The number of hydrogen-bond acceptors (Lipinski definition) is 3. The van der Waals surface area contributed by atoms with Crippen molar-refractivity contribution in [2.45, 2.75) is 63.1 Å². The van der Waals surface area contributed by atoms with E-state index >= 15 is 0 Å². The van der Waals surface area contributed by atoms with E-state index in [1.165, 1.54) is 0 Å². The molecule has 0 fully saturated rings. The van der Waals surface area contributed by atoms with Gasteiger partial charge in [-0.2, -0.15) is 0 Å². The summed E-state index contributed by atoms with van der Waals surface area (Å²) in [5, 5.41) is 4.43. The summed E-state index contributed by atoms with van der Waals surface area (Å²) < 4.78 is 0. The number of halogens is 2. The Hall–Kier alpha value is -2.47. The van der Waals surface area contributed by atoms with Crippen molar-refractivity contribution in [3.8, 4) is 0 Å². The average Bonchev–Trinajstić information content (AvgIpc) is 2.85. The monoisotopic (exact) mass is 556 g/mol. The van der Waals surface area contributed by atoms with Crippen molar-refractivity contribution >= 4 is 46.8 Å². The summed E-state index contributed by atoms with van der Waals surface area (Å²) in [7, 11) is 0. The first kappa shape index (κ1) is 29.1. The van der Waals surface area contributed by atoms with E-state index in [1.807, 2.05) is 99.6 Å². The molecule has 0 saturated heterocycles. The number of carbonyl (C=O) groups is 2. The van der Waals surface area contributed by atoms with E-state index in [-0.39, 0.29) is 11.8 Å². The van der Waals surface area contributed by atoms with Gasteiger partial charge in [-0.1, -0.05) is 65.7 Å². The molecule has 0 spiro atoms. The minimum Gasteiger partial charge on any atom is -0.350 e. The summed E-state index contributed by atoms with van der Waals surface area (Å²) in [6.45, 7) is 6.17. The molecule has 4 nitrogen and oxygen atoms in total. The van der Waals surface area contributed by atoms with Crippen molar-refractivity contribution in [1.29, 1.82) is 0 Å². The van der Waals surface area contributed by atoms with E-state index in [2.05, 4.69) is 5.32 Å². The molecular weight excluding hydrogens is 523 g/mol. The van der Waals surface area contributed by atoms with Crippen molar-refractivity contribution in [1.82, 2.24) is 10.2 Å². The molecule has 3 rings (SSSR count). The van der Waals surface area contributed by atoms with Crippen LogP contribution in [0.25, 0.3) is 0 Å². The molecule has 2 amide bonds. The Labute approximate surface area is 234 Å². The minimum atomic E-state index is -0.645. The first-order valence-corrected chi connectivity index (χ1v) is 14.1. The summed E-state index contributed by atoms with van der Waals surface area (Å²) in [5.74, 6) is 0.588. The number of hydrogen-bond donors (Lipinski definition) is 1. The Balaban J connectivity index is 1.80. The minimum absolute atomic E-state index is 0.0448. The average molecular weight is 558 g/mol. The predicted octanol–water partition coefficient (Wildman–Crippen LogP) is 7.42. The van der Waals surface area contributed by atoms with Crippen molar-refractivity contribution in [3.05, 3.63) is 100 Å². The van der Waals surface area contributed by atoms with Crippen LogP contribution >= 0.6 is 35.0 Å². The Kier molecular flexibility index (Phi) is 10.9. The van der Waals surface area contributed by atoms with E-state index in [0.717, 1.165) is 21.8 Å². The van der Waals surface area contributed by atoms with Gasteiger partial charge in [0.1, 0.15) is 6.04 Å². The normalized spacial score (nSPS) is 12.1. The molecule has 0 aliphatic rings. The zero-order chi connectivity index (χ0) is 26.8. The molecule has 3 aromatic rings. The third kappa shape index (κ3) is 10.1. The Morgan fingerprint density at radius 3 is 2.05 bits per heavy atom. The van der Waals surface area contributed by atoms with Gasteiger partial charge in [0.15, 0.2) is 0 Å². The smallest absolute Gasteiger partial charge is 0.243 e. The molecule has 0 radical (unpaired) electrons. The number of carbonyl (C=O) groups excluding carboxylic acids is 2. The van der Waals surface area contributed by atoms with Gasteiger partial charge in [0, 0.05) is 39.9 Å². The summed E-state index contributed by atoms with van der Waals surface area (Å²) in [5.41, 5.74) is 1.51. The first-order valence-electron chi connectivity index (χ1n) is 12.4. The summed E-state index contributed by atoms with van der Waals surface area (Å²) in [6, 6.07) is 24.3. The van der Waals surface area contributed by atoms with Crippen LogP contribution < -0.4 is 5.32 Å². The molecule has 3 aromatic carbocycles. The lowest BCUT2D eigenvalue weighted by Crippen LogP contribution is -2.54. The van der Waals surface area contributed by atoms with Crippen LogP contribution in [-0.2, 0) is 22.6 Å². The molecular formula is C30H34Cl2N2O2S. The quantitative estimate of drug-likeness (QED) is 0.197. The number of nitrogens with zero attached hydrogens (tertiary/aromatic N) is 1. The third-order valence-corrected chi connectivity index (χ3v) is 7.26. The second-order valence-corrected chi connectivity index (χ2v) is 12.0. The lowest BCUT2D eigenvalue weighted by atomic mass is 10.00. The van der Waals surface area contributed by atoms with E-state index < -0.39 is 11.6 Å². The molecule has 196 valence electrons. The van der Waals surface area contributed by atoms with Crippen LogP contribution in [-0.4, -0.2) is 34.0 Å². The number of amides is 2. The van der Waals surface area contributed by atoms with Gasteiger partial charge in [0.2, 0.25) is 11.8 Å². The van der Waals surface area contributed by atoms with Crippen LogP contribution in [0.4, 0.5) is 0 Å². The number of benzene rings is 3. The van der Waals surface area contributed by atoms with Crippen LogP contribution in [0.5, 0.6) is 0 Å². The highest BCUT2D eigenvalue weighted by atomic mass is 35.5. The molecule has 0 unspecified atom stereocenters. The highest BCUT2D eigenvalue weighted by Crippen LogP contribution is 2.23. The molecule has 1 N–H and O–H groups in total. The first-order chi connectivity index (χ1) is 17.6. The molecule has 0 aliphatic carbocycles. The van der Waals surface area contributed by atoms with Crippen LogP contribution in [0, 0.1) is 0 Å². The fourth-order valence-electron chi connectivity index (χ4n) is 3.88. The summed E-state index contributed by atoms with van der Waals surface area (Å²) in [6.07, 6.45) is 1.48.